The van der Waals surface area contributed by atoms with Crippen molar-refractivity contribution >= 4 is 11.6 Å². The van der Waals surface area contributed by atoms with Crippen molar-refractivity contribution in [3.63, 3.8) is 0 Å². The maximum absolute atomic E-state index is 6.01. The molecule has 0 radical (unpaired) electrons. The van der Waals surface area contributed by atoms with Gasteiger partial charge in [0.05, 0.1) is 12.1 Å². The zero-order chi connectivity index (χ0) is 10.7. The van der Waals surface area contributed by atoms with E-state index in [1.165, 1.54) is 0 Å². The van der Waals surface area contributed by atoms with Crippen LogP contribution in [0, 0.1) is 5.92 Å². The Hall–Kier alpha value is -0.730. The molecule has 1 aromatic carbocycles. The van der Waals surface area contributed by atoms with Gasteiger partial charge < -0.3 is 10.5 Å². The molecular formula is C11H16ClNO. The first-order chi connectivity index (χ1) is 6.56. The van der Waals surface area contributed by atoms with E-state index in [1.54, 1.807) is 7.11 Å². The maximum atomic E-state index is 6.01. The molecule has 0 aliphatic heterocycles. The summed E-state index contributed by atoms with van der Waals surface area (Å²) >= 11 is 5.91. The molecule has 0 bridgehead atoms. The highest BCUT2D eigenvalue weighted by Crippen LogP contribution is 2.29. The molecule has 0 saturated carbocycles. The van der Waals surface area contributed by atoms with Gasteiger partial charge in [-0.15, -0.1) is 0 Å². The molecule has 2 N–H and O–H groups in total. The molecule has 0 fully saturated rings. The van der Waals surface area contributed by atoms with E-state index in [0.717, 1.165) is 5.56 Å². The standard InChI is InChI=1S/C11H16ClNO/c1-7(2)11(13)8-4-5-9(12)10(6-8)14-3/h4-7,11H,13H2,1-3H3. The Morgan fingerprint density at radius 2 is 2.00 bits per heavy atom. The Morgan fingerprint density at radius 1 is 1.36 bits per heavy atom. The van der Waals surface area contributed by atoms with Gasteiger partial charge in [-0.2, -0.15) is 0 Å². The normalized spacial score (nSPS) is 13.0. The van der Waals surface area contributed by atoms with Crippen LogP contribution in [0.1, 0.15) is 25.5 Å². The van der Waals surface area contributed by atoms with Crippen molar-refractivity contribution in [2.24, 2.45) is 11.7 Å². The Kier molecular flexibility index (Phi) is 3.78. The smallest absolute Gasteiger partial charge is 0.137 e. The van der Waals surface area contributed by atoms with Crippen molar-refractivity contribution in [3.05, 3.63) is 28.8 Å². The number of hydrogen-bond donors (Lipinski definition) is 1. The summed E-state index contributed by atoms with van der Waals surface area (Å²) in [6, 6.07) is 5.68. The second-order valence-electron chi connectivity index (χ2n) is 3.66. The molecule has 3 heteroatoms. The van der Waals surface area contributed by atoms with Crippen LogP contribution in [0.15, 0.2) is 18.2 Å². The van der Waals surface area contributed by atoms with Crippen molar-refractivity contribution in [1.82, 2.24) is 0 Å². The summed E-state index contributed by atoms with van der Waals surface area (Å²) in [5.74, 6) is 1.08. The molecule has 0 spiro atoms. The zero-order valence-electron chi connectivity index (χ0n) is 8.75. The molecule has 0 saturated heterocycles. The molecule has 1 aromatic rings. The van der Waals surface area contributed by atoms with Gasteiger partial charge in [-0.3, -0.25) is 0 Å². The van der Waals surface area contributed by atoms with Crippen molar-refractivity contribution in [1.29, 1.82) is 0 Å². The van der Waals surface area contributed by atoms with Gasteiger partial charge in [0.15, 0.2) is 0 Å². The third kappa shape index (κ3) is 2.40. The molecule has 1 atom stereocenters. The van der Waals surface area contributed by atoms with Crippen LogP contribution < -0.4 is 10.5 Å². The zero-order valence-corrected chi connectivity index (χ0v) is 9.51. The van der Waals surface area contributed by atoms with E-state index in [-0.39, 0.29) is 6.04 Å². The fourth-order valence-corrected chi connectivity index (χ4v) is 1.46. The number of methoxy groups -OCH3 is 1. The van der Waals surface area contributed by atoms with Crippen LogP contribution in [0.2, 0.25) is 5.02 Å². The van der Waals surface area contributed by atoms with Crippen molar-refractivity contribution in [2.75, 3.05) is 7.11 Å². The highest BCUT2D eigenvalue weighted by molar-refractivity contribution is 6.32. The van der Waals surface area contributed by atoms with E-state index < -0.39 is 0 Å². The summed E-state index contributed by atoms with van der Waals surface area (Å²) < 4.78 is 5.13. The predicted molar refractivity (Wildman–Crippen MR) is 59.8 cm³/mol. The van der Waals surface area contributed by atoms with Gasteiger partial charge >= 0.3 is 0 Å². The van der Waals surface area contributed by atoms with E-state index >= 15 is 0 Å². The first-order valence-electron chi connectivity index (χ1n) is 4.65. The summed E-state index contributed by atoms with van der Waals surface area (Å²) in [6.45, 7) is 4.18. The van der Waals surface area contributed by atoms with Crippen LogP contribution in [0.3, 0.4) is 0 Å². The number of nitrogens with two attached hydrogens (primary N) is 1. The molecule has 0 heterocycles. The Balaban J connectivity index is 3.00. The van der Waals surface area contributed by atoms with Crippen molar-refractivity contribution < 1.29 is 4.74 Å². The molecule has 0 aliphatic rings. The van der Waals surface area contributed by atoms with Crippen LogP contribution in [0.25, 0.3) is 0 Å². The fraction of sp³-hybridized carbons (Fsp3) is 0.455. The first-order valence-corrected chi connectivity index (χ1v) is 5.03. The minimum Gasteiger partial charge on any atom is -0.495 e. The summed E-state index contributed by atoms with van der Waals surface area (Å²) in [5, 5.41) is 0.618. The number of hydrogen-bond acceptors (Lipinski definition) is 2. The van der Waals surface area contributed by atoms with E-state index in [0.29, 0.717) is 16.7 Å². The van der Waals surface area contributed by atoms with Crippen LogP contribution in [-0.2, 0) is 0 Å². The number of rotatable bonds is 3. The van der Waals surface area contributed by atoms with E-state index in [1.807, 2.05) is 18.2 Å². The summed E-state index contributed by atoms with van der Waals surface area (Å²) in [4.78, 5) is 0. The van der Waals surface area contributed by atoms with Gasteiger partial charge in [0, 0.05) is 6.04 Å². The van der Waals surface area contributed by atoms with Gasteiger partial charge in [0.1, 0.15) is 5.75 Å². The number of ether oxygens (including phenoxy) is 1. The Morgan fingerprint density at radius 3 is 2.50 bits per heavy atom. The van der Waals surface area contributed by atoms with Crippen LogP contribution >= 0.6 is 11.6 Å². The van der Waals surface area contributed by atoms with Crippen molar-refractivity contribution in [3.8, 4) is 5.75 Å². The van der Waals surface area contributed by atoms with E-state index in [4.69, 9.17) is 22.1 Å². The number of benzene rings is 1. The van der Waals surface area contributed by atoms with Gasteiger partial charge in [0.25, 0.3) is 0 Å². The largest absolute Gasteiger partial charge is 0.495 e. The van der Waals surface area contributed by atoms with E-state index in [9.17, 15) is 0 Å². The topological polar surface area (TPSA) is 35.2 Å². The van der Waals surface area contributed by atoms with E-state index in [2.05, 4.69) is 13.8 Å². The molecule has 2 nitrogen and oxygen atoms in total. The Labute approximate surface area is 90.0 Å². The molecule has 0 amide bonds. The highest BCUT2D eigenvalue weighted by Gasteiger charge is 2.12. The molecule has 1 rings (SSSR count). The van der Waals surface area contributed by atoms with Crippen LogP contribution in [-0.4, -0.2) is 7.11 Å². The minimum atomic E-state index is 0.0289. The molecule has 78 valence electrons. The minimum absolute atomic E-state index is 0.0289. The van der Waals surface area contributed by atoms with Gasteiger partial charge in [-0.25, -0.2) is 0 Å². The third-order valence-electron chi connectivity index (χ3n) is 2.28. The highest BCUT2D eigenvalue weighted by atomic mass is 35.5. The third-order valence-corrected chi connectivity index (χ3v) is 2.59. The monoisotopic (exact) mass is 213 g/mol. The summed E-state index contributed by atoms with van der Waals surface area (Å²) in [6.07, 6.45) is 0. The first kappa shape index (κ1) is 11.3. The summed E-state index contributed by atoms with van der Waals surface area (Å²) in [7, 11) is 1.60. The second kappa shape index (κ2) is 4.67. The van der Waals surface area contributed by atoms with Gasteiger partial charge in [-0.05, 0) is 23.6 Å². The van der Waals surface area contributed by atoms with Crippen molar-refractivity contribution in [2.45, 2.75) is 19.9 Å². The lowest BCUT2D eigenvalue weighted by Gasteiger charge is -2.17. The molecular weight excluding hydrogens is 198 g/mol. The lowest BCUT2D eigenvalue weighted by molar-refractivity contribution is 0.412. The SMILES string of the molecule is COc1cc(C(N)C(C)C)ccc1Cl. The summed E-state index contributed by atoms with van der Waals surface area (Å²) in [5.41, 5.74) is 7.07. The maximum Gasteiger partial charge on any atom is 0.137 e. The molecule has 0 aliphatic carbocycles. The molecule has 14 heavy (non-hydrogen) atoms. The van der Waals surface area contributed by atoms with Crippen LogP contribution in [0.5, 0.6) is 5.75 Å². The second-order valence-corrected chi connectivity index (χ2v) is 4.07. The van der Waals surface area contributed by atoms with Crippen LogP contribution in [0.4, 0.5) is 0 Å². The molecule has 1 unspecified atom stereocenters. The lowest BCUT2D eigenvalue weighted by atomic mass is 9.97. The number of halogens is 1. The Bertz CT molecular complexity index is 312. The molecule has 0 aromatic heterocycles. The average Bonchev–Trinajstić information content (AvgIpc) is 2.17. The predicted octanol–water partition coefficient (Wildman–Crippen LogP) is 3.00. The fourth-order valence-electron chi connectivity index (χ4n) is 1.27. The average molecular weight is 214 g/mol. The van der Waals surface area contributed by atoms with Gasteiger partial charge in [0.2, 0.25) is 0 Å². The quantitative estimate of drug-likeness (QED) is 0.838. The lowest BCUT2D eigenvalue weighted by Crippen LogP contribution is -2.16. The van der Waals surface area contributed by atoms with Gasteiger partial charge in [-0.1, -0.05) is 31.5 Å².